The number of aromatic nitrogens is 2. The van der Waals surface area contributed by atoms with Crippen LogP contribution in [0.1, 0.15) is 54.5 Å². The molecule has 1 aromatic heterocycles. The van der Waals surface area contributed by atoms with Gasteiger partial charge in [0.05, 0.1) is 16.3 Å². The third-order valence-electron chi connectivity index (χ3n) is 4.47. The van der Waals surface area contributed by atoms with Crippen molar-refractivity contribution in [1.82, 2.24) is 9.78 Å². The van der Waals surface area contributed by atoms with Crippen molar-refractivity contribution in [1.29, 1.82) is 5.26 Å². The van der Waals surface area contributed by atoms with Gasteiger partial charge in [0.2, 0.25) is 0 Å². The lowest BCUT2D eigenvalue weighted by Gasteiger charge is -2.10. The summed E-state index contributed by atoms with van der Waals surface area (Å²) in [6, 6.07) is 6.95. The topological polar surface area (TPSA) is 88.1 Å². The Morgan fingerprint density at radius 2 is 2.08 bits per heavy atom. The number of nitrogens with zero attached hydrogens (tertiary/aromatic N) is 3. The Bertz CT molecular complexity index is 892. The average Bonchev–Trinajstić information content (AvgIpc) is 3.47. The third-order valence-corrected chi connectivity index (χ3v) is 4.78. The zero-order chi connectivity index (χ0) is 17.6. The quantitative estimate of drug-likeness (QED) is 0.842. The zero-order valence-electron chi connectivity index (χ0n) is 13.4. The summed E-state index contributed by atoms with van der Waals surface area (Å²) in [4.78, 5) is 11.2. The van der Waals surface area contributed by atoms with Gasteiger partial charge in [-0.3, -0.25) is 9.48 Å². The van der Waals surface area contributed by atoms with Gasteiger partial charge >= 0.3 is 5.97 Å². The van der Waals surface area contributed by atoms with Crippen LogP contribution in [0.2, 0.25) is 5.02 Å². The van der Waals surface area contributed by atoms with Crippen molar-refractivity contribution in [2.45, 2.75) is 44.1 Å². The van der Waals surface area contributed by atoms with E-state index in [9.17, 15) is 9.90 Å². The van der Waals surface area contributed by atoms with Gasteiger partial charge in [-0.05, 0) is 37.8 Å². The molecule has 4 rings (SSSR count). The van der Waals surface area contributed by atoms with Crippen LogP contribution < -0.4 is 4.74 Å². The SMILES string of the molecule is N#Cc1ccc(Oc2c(C3CC3)nn(CC(=O)O)c2C2CC2)cc1Cl. The molecule has 2 aromatic rings. The van der Waals surface area contributed by atoms with Crippen LogP contribution in [-0.2, 0) is 11.3 Å². The van der Waals surface area contributed by atoms with Crippen molar-refractivity contribution in [3.05, 3.63) is 40.2 Å². The second-order valence-corrected chi connectivity index (χ2v) is 6.96. The van der Waals surface area contributed by atoms with Gasteiger partial charge in [-0.1, -0.05) is 11.6 Å². The molecule has 0 bridgehead atoms. The van der Waals surface area contributed by atoms with Crippen LogP contribution in [0.25, 0.3) is 0 Å². The summed E-state index contributed by atoms with van der Waals surface area (Å²) in [7, 11) is 0. The number of nitriles is 1. The Balaban J connectivity index is 1.74. The van der Waals surface area contributed by atoms with Crippen molar-refractivity contribution in [2.75, 3.05) is 0 Å². The van der Waals surface area contributed by atoms with E-state index >= 15 is 0 Å². The lowest BCUT2D eigenvalue weighted by Crippen LogP contribution is -2.13. The van der Waals surface area contributed by atoms with Gasteiger partial charge in [-0.2, -0.15) is 10.4 Å². The predicted octanol–water partition coefficient (Wildman–Crippen LogP) is 4.04. The molecule has 0 aliphatic heterocycles. The number of carboxylic acid groups (broad SMARTS) is 1. The molecule has 0 saturated heterocycles. The minimum atomic E-state index is -0.917. The number of aliphatic carboxylic acids is 1. The lowest BCUT2D eigenvalue weighted by atomic mass is 10.2. The summed E-state index contributed by atoms with van der Waals surface area (Å²) in [5.41, 5.74) is 2.09. The van der Waals surface area contributed by atoms with E-state index in [-0.39, 0.29) is 6.54 Å². The van der Waals surface area contributed by atoms with Crippen LogP contribution in [0.5, 0.6) is 11.5 Å². The van der Waals surface area contributed by atoms with Gasteiger partial charge in [0, 0.05) is 17.9 Å². The highest BCUT2D eigenvalue weighted by Crippen LogP contribution is 2.52. The Morgan fingerprint density at radius 3 is 2.64 bits per heavy atom. The van der Waals surface area contributed by atoms with Crippen LogP contribution in [0, 0.1) is 11.3 Å². The second kappa shape index (κ2) is 6.08. The minimum Gasteiger partial charge on any atom is -0.480 e. The summed E-state index contributed by atoms with van der Waals surface area (Å²) >= 11 is 6.10. The maximum absolute atomic E-state index is 11.2. The van der Waals surface area contributed by atoms with Crippen LogP contribution in [0.4, 0.5) is 0 Å². The smallest absolute Gasteiger partial charge is 0.325 e. The van der Waals surface area contributed by atoms with Crippen LogP contribution >= 0.6 is 11.6 Å². The summed E-state index contributed by atoms with van der Waals surface area (Å²) in [6.07, 6.45) is 4.11. The Labute approximate surface area is 149 Å². The van der Waals surface area contributed by atoms with Crippen molar-refractivity contribution < 1.29 is 14.6 Å². The molecule has 2 aliphatic rings. The molecule has 0 amide bonds. The number of rotatable bonds is 6. The molecule has 2 aliphatic carbocycles. The number of ether oxygens (including phenoxy) is 1. The third kappa shape index (κ3) is 3.20. The van der Waals surface area contributed by atoms with E-state index in [1.54, 1.807) is 22.9 Å². The summed E-state index contributed by atoms with van der Waals surface area (Å²) in [5.74, 6) is 0.911. The second-order valence-electron chi connectivity index (χ2n) is 6.56. The summed E-state index contributed by atoms with van der Waals surface area (Å²) in [6.45, 7) is -0.164. The van der Waals surface area contributed by atoms with Crippen LogP contribution in [0.3, 0.4) is 0 Å². The Hall–Kier alpha value is -2.52. The molecular weight excluding hydrogens is 342 g/mol. The lowest BCUT2D eigenvalue weighted by molar-refractivity contribution is -0.137. The van der Waals surface area contributed by atoms with Gasteiger partial charge in [0.25, 0.3) is 0 Å². The number of hydrogen-bond acceptors (Lipinski definition) is 4. The number of halogens is 1. The van der Waals surface area contributed by atoms with Crippen molar-refractivity contribution in [3.8, 4) is 17.6 Å². The monoisotopic (exact) mass is 357 g/mol. The highest BCUT2D eigenvalue weighted by Gasteiger charge is 2.39. The van der Waals surface area contributed by atoms with Crippen molar-refractivity contribution in [3.63, 3.8) is 0 Å². The molecule has 0 spiro atoms. The first-order valence-electron chi connectivity index (χ1n) is 8.26. The predicted molar refractivity (Wildman–Crippen MR) is 90.1 cm³/mol. The zero-order valence-corrected chi connectivity index (χ0v) is 14.2. The van der Waals surface area contributed by atoms with E-state index in [1.807, 2.05) is 6.07 Å². The fourth-order valence-electron chi connectivity index (χ4n) is 2.98. The Morgan fingerprint density at radius 1 is 1.36 bits per heavy atom. The highest BCUT2D eigenvalue weighted by atomic mass is 35.5. The fraction of sp³-hybridized carbons (Fsp3) is 0.389. The molecular formula is C18H16ClN3O3. The highest BCUT2D eigenvalue weighted by molar-refractivity contribution is 6.31. The van der Waals surface area contributed by atoms with E-state index in [0.717, 1.165) is 37.1 Å². The van der Waals surface area contributed by atoms with E-state index in [0.29, 0.717) is 33.9 Å². The molecule has 2 fully saturated rings. The number of carbonyl (C=O) groups is 1. The molecule has 2 saturated carbocycles. The molecule has 6 nitrogen and oxygen atoms in total. The van der Waals surface area contributed by atoms with E-state index in [2.05, 4.69) is 5.10 Å². The first-order chi connectivity index (χ1) is 12.1. The van der Waals surface area contributed by atoms with Gasteiger partial charge in [0.15, 0.2) is 5.75 Å². The van der Waals surface area contributed by atoms with Gasteiger partial charge in [-0.15, -0.1) is 0 Å². The largest absolute Gasteiger partial charge is 0.480 e. The maximum Gasteiger partial charge on any atom is 0.325 e. The standard InChI is InChI=1S/C18H16ClN3O3/c19-14-7-13(6-5-12(14)8-20)25-18-16(10-1-2-10)21-22(9-15(23)24)17(18)11-3-4-11/h5-7,10-11H,1-4,9H2,(H,23,24). The number of carboxylic acids is 1. The molecule has 0 atom stereocenters. The minimum absolute atomic E-state index is 0.164. The maximum atomic E-state index is 11.2. The van der Waals surface area contributed by atoms with Gasteiger partial charge in [-0.25, -0.2) is 0 Å². The average molecular weight is 358 g/mol. The Kier molecular flexibility index (Phi) is 3.89. The van der Waals surface area contributed by atoms with E-state index in [1.165, 1.54) is 0 Å². The molecule has 1 heterocycles. The molecule has 1 aromatic carbocycles. The van der Waals surface area contributed by atoms with Crippen molar-refractivity contribution >= 4 is 17.6 Å². The van der Waals surface area contributed by atoms with Gasteiger partial charge < -0.3 is 9.84 Å². The van der Waals surface area contributed by atoms with E-state index in [4.69, 9.17) is 21.6 Å². The first kappa shape index (κ1) is 16.0. The molecule has 7 heteroatoms. The molecule has 1 N–H and O–H groups in total. The first-order valence-corrected chi connectivity index (χ1v) is 8.64. The van der Waals surface area contributed by atoms with Crippen LogP contribution in [-0.4, -0.2) is 20.9 Å². The molecule has 128 valence electrons. The van der Waals surface area contributed by atoms with Gasteiger partial charge in [0.1, 0.15) is 24.1 Å². The van der Waals surface area contributed by atoms with Crippen LogP contribution in [0.15, 0.2) is 18.2 Å². The van der Waals surface area contributed by atoms with Crippen molar-refractivity contribution in [2.24, 2.45) is 0 Å². The summed E-state index contributed by atoms with van der Waals surface area (Å²) in [5, 5.41) is 23.1. The summed E-state index contributed by atoms with van der Waals surface area (Å²) < 4.78 is 7.69. The number of hydrogen-bond donors (Lipinski definition) is 1. The fourth-order valence-corrected chi connectivity index (χ4v) is 3.19. The normalized spacial score (nSPS) is 16.5. The molecule has 0 unspecified atom stereocenters. The molecule has 0 radical (unpaired) electrons. The number of benzene rings is 1. The van der Waals surface area contributed by atoms with E-state index < -0.39 is 5.97 Å². The molecule has 25 heavy (non-hydrogen) atoms.